The maximum atomic E-state index is 12.9. The van der Waals surface area contributed by atoms with Gasteiger partial charge in [0.15, 0.2) is 0 Å². The molecule has 0 bridgehead atoms. The molecule has 1 aromatic rings. The Morgan fingerprint density at radius 1 is 1.53 bits per heavy atom. The Morgan fingerprint density at radius 3 is 3.12 bits per heavy atom. The summed E-state index contributed by atoms with van der Waals surface area (Å²) >= 11 is 0. The van der Waals surface area contributed by atoms with Gasteiger partial charge in [0, 0.05) is 19.6 Å². The van der Waals surface area contributed by atoms with Crippen molar-refractivity contribution < 1.29 is 9.50 Å². The van der Waals surface area contributed by atoms with E-state index in [9.17, 15) is 9.50 Å². The van der Waals surface area contributed by atoms with Gasteiger partial charge in [0.05, 0.1) is 6.10 Å². The van der Waals surface area contributed by atoms with Gasteiger partial charge >= 0.3 is 0 Å². The van der Waals surface area contributed by atoms with E-state index in [0.717, 1.165) is 18.5 Å². The number of hydrogen-bond donors (Lipinski definition) is 2. The molecule has 1 saturated heterocycles. The molecular formula is C13H17FN2O. The van der Waals surface area contributed by atoms with Crippen LogP contribution in [0, 0.1) is 5.82 Å². The summed E-state index contributed by atoms with van der Waals surface area (Å²) in [6.45, 7) is 2.23. The SMILES string of the molecule is O[C@H]1CCN(NC/C=C\c2cccc(F)c2)C1. The van der Waals surface area contributed by atoms with Crippen molar-refractivity contribution in [1.29, 1.82) is 0 Å². The van der Waals surface area contributed by atoms with Crippen molar-refractivity contribution in [2.75, 3.05) is 19.6 Å². The number of benzene rings is 1. The Kier molecular flexibility index (Phi) is 4.25. The average molecular weight is 236 g/mol. The van der Waals surface area contributed by atoms with Crippen molar-refractivity contribution in [1.82, 2.24) is 10.4 Å². The molecule has 0 amide bonds. The van der Waals surface area contributed by atoms with Crippen LogP contribution in [-0.4, -0.2) is 35.9 Å². The smallest absolute Gasteiger partial charge is 0.123 e. The number of nitrogens with one attached hydrogen (secondary N) is 1. The number of aliphatic hydroxyl groups is 1. The van der Waals surface area contributed by atoms with E-state index in [4.69, 9.17) is 0 Å². The van der Waals surface area contributed by atoms with Gasteiger partial charge in [0.25, 0.3) is 0 Å². The Bertz CT molecular complexity index is 395. The van der Waals surface area contributed by atoms with Crippen LogP contribution in [0.2, 0.25) is 0 Å². The Balaban J connectivity index is 1.74. The molecule has 1 fully saturated rings. The molecule has 17 heavy (non-hydrogen) atoms. The monoisotopic (exact) mass is 236 g/mol. The highest BCUT2D eigenvalue weighted by molar-refractivity contribution is 5.49. The van der Waals surface area contributed by atoms with Crippen LogP contribution in [0.4, 0.5) is 4.39 Å². The summed E-state index contributed by atoms with van der Waals surface area (Å²) in [7, 11) is 0. The highest BCUT2D eigenvalue weighted by Gasteiger charge is 2.18. The lowest BCUT2D eigenvalue weighted by Gasteiger charge is -2.14. The molecule has 3 nitrogen and oxygen atoms in total. The second kappa shape index (κ2) is 5.91. The predicted molar refractivity (Wildman–Crippen MR) is 65.6 cm³/mol. The first-order valence-corrected chi connectivity index (χ1v) is 5.82. The third-order valence-corrected chi connectivity index (χ3v) is 2.76. The minimum atomic E-state index is -0.220. The van der Waals surface area contributed by atoms with Crippen LogP contribution in [0.1, 0.15) is 12.0 Å². The number of rotatable bonds is 4. The van der Waals surface area contributed by atoms with Crippen molar-refractivity contribution in [2.24, 2.45) is 0 Å². The van der Waals surface area contributed by atoms with Gasteiger partial charge in [0.2, 0.25) is 0 Å². The lowest BCUT2D eigenvalue weighted by atomic mass is 10.2. The third kappa shape index (κ3) is 3.93. The minimum Gasteiger partial charge on any atom is -0.392 e. The summed E-state index contributed by atoms with van der Waals surface area (Å²) in [6, 6.07) is 6.48. The molecule has 1 aliphatic rings. The van der Waals surface area contributed by atoms with Gasteiger partial charge in [-0.3, -0.25) is 5.43 Å². The van der Waals surface area contributed by atoms with Crippen LogP contribution in [0.3, 0.4) is 0 Å². The van der Waals surface area contributed by atoms with Crippen molar-refractivity contribution in [3.63, 3.8) is 0 Å². The highest BCUT2D eigenvalue weighted by atomic mass is 19.1. The van der Waals surface area contributed by atoms with Gasteiger partial charge < -0.3 is 5.11 Å². The van der Waals surface area contributed by atoms with Gasteiger partial charge in [-0.05, 0) is 24.1 Å². The van der Waals surface area contributed by atoms with Crippen LogP contribution in [0.5, 0.6) is 0 Å². The average Bonchev–Trinajstić information content (AvgIpc) is 2.71. The van der Waals surface area contributed by atoms with E-state index < -0.39 is 0 Å². The Hall–Kier alpha value is -1.23. The molecule has 0 spiro atoms. The predicted octanol–water partition coefficient (Wildman–Crippen LogP) is 1.41. The molecule has 2 rings (SSSR count). The molecule has 4 heteroatoms. The molecule has 1 aliphatic heterocycles. The zero-order chi connectivity index (χ0) is 12.1. The summed E-state index contributed by atoms with van der Waals surface area (Å²) < 4.78 is 12.9. The lowest BCUT2D eigenvalue weighted by Crippen LogP contribution is -2.36. The summed E-state index contributed by atoms with van der Waals surface area (Å²) in [5.74, 6) is -0.220. The fraction of sp³-hybridized carbons (Fsp3) is 0.385. The molecule has 1 atom stereocenters. The van der Waals surface area contributed by atoms with E-state index in [0.29, 0.717) is 13.1 Å². The summed E-state index contributed by atoms with van der Waals surface area (Å²) in [6.07, 6.45) is 4.43. The van der Waals surface area contributed by atoms with Crippen LogP contribution < -0.4 is 5.43 Å². The molecular weight excluding hydrogens is 219 g/mol. The van der Waals surface area contributed by atoms with E-state index in [1.54, 1.807) is 6.07 Å². The number of hydrazine groups is 1. The largest absolute Gasteiger partial charge is 0.392 e. The first-order valence-electron chi connectivity index (χ1n) is 5.82. The van der Waals surface area contributed by atoms with E-state index >= 15 is 0 Å². The van der Waals surface area contributed by atoms with Gasteiger partial charge in [-0.25, -0.2) is 9.40 Å². The van der Waals surface area contributed by atoms with Gasteiger partial charge in [-0.1, -0.05) is 24.3 Å². The summed E-state index contributed by atoms with van der Waals surface area (Å²) in [5, 5.41) is 11.3. The van der Waals surface area contributed by atoms with Gasteiger partial charge in [-0.2, -0.15) is 0 Å². The van der Waals surface area contributed by atoms with Crippen LogP contribution in [-0.2, 0) is 0 Å². The number of hydrogen-bond acceptors (Lipinski definition) is 3. The number of nitrogens with zero attached hydrogens (tertiary/aromatic N) is 1. The minimum absolute atomic E-state index is 0.213. The third-order valence-electron chi connectivity index (χ3n) is 2.76. The first kappa shape index (κ1) is 12.2. The van der Waals surface area contributed by atoms with Crippen molar-refractivity contribution in [3.8, 4) is 0 Å². The number of aliphatic hydroxyl groups excluding tert-OH is 1. The Morgan fingerprint density at radius 2 is 2.41 bits per heavy atom. The molecule has 2 N–H and O–H groups in total. The first-order chi connectivity index (χ1) is 8.24. The van der Waals surface area contributed by atoms with E-state index in [2.05, 4.69) is 5.43 Å². The topological polar surface area (TPSA) is 35.5 Å². The zero-order valence-corrected chi connectivity index (χ0v) is 9.64. The van der Waals surface area contributed by atoms with Gasteiger partial charge in [0.1, 0.15) is 5.82 Å². The standard InChI is InChI=1S/C13H17FN2O/c14-12-5-1-3-11(9-12)4-2-7-15-16-8-6-13(17)10-16/h1-5,9,13,15,17H,6-8,10H2/b4-2-/t13-/m0/s1. The number of halogens is 1. The van der Waals surface area contributed by atoms with Crippen LogP contribution in [0.15, 0.2) is 30.3 Å². The maximum absolute atomic E-state index is 12.9. The quantitative estimate of drug-likeness (QED) is 0.829. The fourth-order valence-corrected chi connectivity index (χ4v) is 1.87. The van der Waals surface area contributed by atoms with Gasteiger partial charge in [-0.15, -0.1) is 0 Å². The molecule has 0 saturated carbocycles. The van der Waals surface area contributed by atoms with Crippen molar-refractivity contribution in [2.45, 2.75) is 12.5 Å². The number of β-amino-alcohol motifs (C(OH)–C–C–N with tert-alkyl or cyclic N) is 1. The van der Waals surface area contributed by atoms with Crippen LogP contribution >= 0.6 is 0 Å². The normalized spacial score (nSPS) is 21.4. The second-order valence-corrected chi connectivity index (χ2v) is 4.21. The fourth-order valence-electron chi connectivity index (χ4n) is 1.87. The van der Waals surface area contributed by atoms with Crippen molar-refractivity contribution in [3.05, 3.63) is 41.7 Å². The molecule has 92 valence electrons. The summed E-state index contributed by atoms with van der Waals surface area (Å²) in [4.78, 5) is 0. The van der Waals surface area contributed by atoms with E-state index in [1.807, 2.05) is 23.2 Å². The van der Waals surface area contributed by atoms with E-state index in [-0.39, 0.29) is 11.9 Å². The molecule has 1 heterocycles. The second-order valence-electron chi connectivity index (χ2n) is 4.21. The van der Waals surface area contributed by atoms with E-state index in [1.165, 1.54) is 12.1 Å². The van der Waals surface area contributed by atoms with Crippen molar-refractivity contribution >= 4 is 6.08 Å². The Labute approximate surface area is 101 Å². The highest BCUT2D eigenvalue weighted by Crippen LogP contribution is 2.06. The lowest BCUT2D eigenvalue weighted by molar-refractivity contribution is 0.158. The maximum Gasteiger partial charge on any atom is 0.123 e. The molecule has 1 aromatic carbocycles. The molecule has 0 aromatic heterocycles. The molecule has 0 radical (unpaired) electrons. The summed E-state index contributed by atoms with van der Waals surface area (Å²) in [5.41, 5.74) is 4.04. The van der Waals surface area contributed by atoms with Crippen LogP contribution in [0.25, 0.3) is 6.08 Å². The molecule has 0 aliphatic carbocycles. The zero-order valence-electron chi connectivity index (χ0n) is 9.64. The molecule has 0 unspecified atom stereocenters.